The van der Waals surface area contributed by atoms with E-state index >= 15 is 0 Å². The van der Waals surface area contributed by atoms with Crippen LogP contribution >= 0.6 is 24.0 Å². The van der Waals surface area contributed by atoms with E-state index in [9.17, 15) is 4.79 Å². The highest BCUT2D eigenvalue weighted by Gasteiger charge is 2.22. The number of guanidine groups is 1. The Morgan fingerprint density at radius 3 is 2.46 bits per heavy atom. The smallest absolute Gasteiger partial charge is 0.227 e. The fraction of sp³-hybridized carbons (Fsp3) is 0.364. The van der Waals surface area contributed by atoms with Crippen molar-refractivity contribution in [3.8, 4) is 0 Å². The summed E-state index contributed by atoms with van der Waals surface area (Å²) in [6.07, 6.45) is 4.30. The molecule has 1 aliphatic carbocycles. The number of anilines is 2. The third kappa shape index (κ3) is 6.22. The lowest BCUT2D eigenvalue weighted by molar-refractivity contribution is -0.119. The van der Waals surface area contributed by atoms with Crippen LogP contribution in [0.4, 0.5) is 11.4 Å². The Morgan fingerprint density at radius 1 is 1.04 bits per heavy atom. The Balaban J connectivity index is 0.00000280. The Morgan fingerprint density at radius 2 is 1.75 bits per heavy atom. The van der Waals surface area contributed by atoms with Crippen LogP contribution in [-0.2, 0) is 11.3 Å². The van der Waals surface area contributed by atoms with E-state index in [1.807, 2.05) is 30.3 Å². The number of aryl methyl sites for hydroxylation is 2. The van der Waals surface area contributed by atoms with Gasteiger partial charge in [-0.3, -0.25) is 4.79 Å². The zero-order valence-corrected chi connectivity index (χ0v) is 18.8. The fourth-order valence-electron chi connectivity index (χ4n) is 3.36. The highest BCUT2D eigenvalue weighted by Crippen LogP contribution is 2.26. The van der Waals surface area contributed by atoms with Crippen molar-refractivity contribution in [3.63, 3.8) is 0 Å². The van der Waals surface area contributed by atoms with Gasteiger partial charge in [-0.15, -0.1) is 24.0 Å². The van der Waals surface area contributed by atoms with Gasteiger partial charge in [0.1, 0.15) is 0 Å². The minimum absolute atomic E-state index is 0. The topological polar surface area (TPSA) is 79.5 Å². The van der Waals surface area contributed by atoms with Crippen molar-refractivity contribution in [1.29, 1.82) is 0 Å². The van der Waals surface area contributed by atoms with E-state index in [-0.39, 0.29) is 35.8 Å². The molecule has 0 bridgehead atoms. The summed E-state index contributed by atoms with van der Waals surface area (Å²) < 4.78 is 0. The first kappa shape index (κ1) is 22.2. The van der Waals surface area contributed by atoms with Crippen molar-refractivity contribution in [1.82, 2.24) is 0 Å². The first-order valence-corrected chi connectivity index (χ1v) is 9.55. The van der Waals surface area contributed by atoms with Gasteiger partial charge in [0.2, 0.25) is 5.91 Å². The number of rotatable bonds is 5. The van der Waals surface area contributed by atoms with Crippen LogP contribution in [0.3, 0.4) is 0 Å². The first-order chi connectivity index (χ1) is 13.0. The van der Waals surface area contributed by atoms with Crippen molar-refractivity contribution >= 4 is 47.2 Å². The molecule has 0 saturated heterocycles. The molecule has 0 unspecified atom stereocenters. The van der Waals surface area contributed by atoms with Crippen LogP contribution in [-0.4, -0.2) is 11.9 Å². The zero-order chi connectivity index (χ0) is 19.2. The van der Waals surface area contributed by atoms with E-state index in [4.69, 9.17) is 5.73 Å². The predicted molar refractivity (Wildman–Crippen MR) is 127 cm³/mol. The van der Waals surface area contributed by atoms with Crippen LogP contribution in [0.25, 0.3) is 0 Å². The third-order valence-electron chi connectivity index (χ3n) is 5.13. The minimum Gasteiger partial charge on any atom is -0.370 e. The van der Waals surface area contributed by atoms with Crippen molar-refractivity contribution in [2.45, 2.75) is 46.1 Å². The molecule has 0 spiro atoms. The summed E-state index contributed by atoms with van der Waals surface area (Å²) in [5, 5.41) is 6.15. The number of nitrogens with one attached hydrogen (secondary N) is 2. The lowest BCUT2D eigenvalue weighted by atomic mass is 10.1. The average molecular weight is 492 g/mol. The van der Waals surface area contributed by atoms with Crippen LogP contribution in [0.5, 0.6) is 0 Å². The standard InChI is InChI=1S/C22H28N4O.HI/c1-15-10-11-20(12-16(15)2)26-22(23)24-14-17-6-5-9-19(13-17)25-21(27)18-7-3-4-8-18;/h5-6,9-13,18H,3-4,7-8,14H2,1-2H3,(H,25,27)(H3,23,24,26);1H. The van der Waals surface area contributed by atoms with Crippen LogP contribution in [0, 0.1) is 19.8 Å². The molecular formula is C22H29IN4O. The lowest BCUT2D eigenvalue weighted by Gasteiger charge is -2.11. The predicted octanol–water partition coefficient (Wildman–Crippen LogP) is 4.98. The van der Waals surface area contributed by atoms with E-state index in [0.717, 1.165) is 42.6 Å². The molecule has 1 aliphatic rings. The van der Waals surface area contributed by atoms with Gasteiger partial charge >= 0.3 is 0 Å². The van der Waals surface area contributed by atoms with Crippen LogP contribution < -0.4 is 16.4 Å². The number of carbonyl (C=O) groups excluding carboxylic acids is 1. The zero-order valence-electron chi connectivity index (χ0n) is 16.5. The number of carbonyl (C=O) groups is 1. The quantitative estimate of drug-likeness (QED) is 0.313. The molecule has 1 fully saturated rings. The maximum Gasteiger partial charge on any atom is 0.227 e. The number of nitrogens with zero attached hydrogens (tertiary/aromatic N) is 1. The molecule has 1 saturated carbocycles. The van der Waals surface area contributed by atoms with Gasteiger partial charge in [-0.05, 0) is 67.6 Å². The normalized spacial score (nSPS) is 14.4. The Kier molecular flexibility index (Phi) is 8.29. The fourth-order valence-corrected chi connectivity index (χ4v) is 3.36. The number of benzene rings is 2. The second kappa shape index (κ2) is 10.5. The number of hydrogen-bond donors (Lipinski definition) is 3. The second-order valence-electron chi connectivity index (χ2n) is 7.30. The molecule has 0 radical (unpaired) electrons. The van der Waals surface area contributed by atoms with Crippen molar-refractivity contribution in [2.24, 2.45) is 16.6 Å². The van der Waals surface area contributed by atoms with Crippen molar-refractivity contribution in [3.05, 3.63) is 59.2 Å². The molecular weight excluding hydrogens is 463 g/mol. The van der Waals surface area contributed by atoms with E-state index < -0.39 is 0 Å². The molecule has 4 N–H and O–H groups in total. The molecule has 0 aliphatic heterocycles. The summed E-state index contributed by atoms with van der Waals surface area (Å²) >= 11 is 0. The van der Waals surface area contributed by atoms with Crippen molar-refractivity contribution < 1.29 is 4.79 Å². The molecule has 0 heterocycles. The van der Waals surface area contributed by atoms with Crippen LogP contribution in [0.1, 0.15) is 42.4 Å². The largest absolute Gasteiger partial charge is 0.370 e. The van der Waals surface area contributed by atoms with Gasteiger partial charge in [0.05, 0.1) is 6.54 Å². The molecule has 0 atom stereocenters. The van der Waals surface area contributed by atoms with E-state index in [1.165, 1.54) is 11.1 Å². The average Bonchev–Trinajstić information content (AvgIpc) is 3.18. The summed E-state index contributed by atoms with van der Waals surface area (Å²) in [5.74, 6) is 0.659. The molecule has 28 heavy (non-hydrogen) atoms. The molecule has 6 heteroatoms. The van der Waals surface area contributed by atoms with Gasteiger partial charge in [0, 0.05) is 17.3 Å². The third-order valence-corrected chi connectivity index (χ3v) is 5.13. The highest BCUT2D eigenvalue weighted by atomic mass is 127. The molecule has 2 aromatic rings. The summed E-state index contributed by atoms with van der Waals surface area (Å²) in [4.78, 5) is 16.7. The van der Waals surface area contributed by atoms with Gasteiger partial charge in [-0.25, -0.2) is 4.99 Å². The molecule has 150 valence electrons. The van der Waals surface area contributed by atoms with Gasteiger partial charge in [-0.1, -0.05) is 31.0 Å². The molecule has 1 amide bonds. The SMILES string of the molecule is Cc1ccc(NC(N)=NCc2cccc(NC(=O)C3CCCC3)c2)cc1C.I. The summed E-state index contributed by atoms with van der Waals surface area (Å²) in [5.41, 5.74) is 11.2. The van der Waals surface area contributed by atoms with Gasteiger partial charge in [0.15, 0.2) is 5.96 Å². The van der Waals surface area contributed by atoms with Gasteiger partial charge in [-0.2, -0.15) is 0 Å². The number of hydrogen-bond acceptors (Lipinski definition) is 2. The van der Waals surface area contributed by atoms with E-state index in [1.54, 1.807) is 0 Å². The number of halogens is 1. The Bertz CT molecular complexity index is 844. The Labute approximate surface area is 184 Å². The molecule has 0 aromatic heterocycles. The lowest BCUT2D eigenvalue weighted by Crippen LogP contribution is -2.22. The first-order valence-electron chi connectivity index (χ1n) is 9.55. The summed E-state index contributed by atoms with van der Waals surface area (Å²) in [6, 6.07) is 13.9. The van der Waals surface area contributed by atoms with Crippen LogP contribution in [0.2, 0.25) is 0 Å². The molecule has 2 aromatic carbocycles. The minimum atomic E-state index is 0. The van der Waals surface area contributed by atoms with Gasteiger partial charge in [0.25, 0.3) is 0 Å². The van der Waals surface area contributed by atoms with Crippen molar-refractivity contribution in [2.75, 3.05) is 10.6 Å². The van der Waals surface area contributed by atoms with Gasteiger partial charge < -0.3 is 16.4 Å². The van der Waals surface area contributed by atoms with E-state index in [2.05, 4.69) is 41.6 Å². The summed E-state index contributed by atoms with van der Waals surface area (Å²) in [6.45, 7) is 4.60. The number of amides is 1. The maximum absolute atomic E-state index is 12.3. The molecule has 5 nitrogen and oxygen atoms in total. The highest BCUT2D eigenvalue weighted by molar-refractivity contribution is 14.0. The molecule has 3 rings (SSSR count). The number of nitrogens with two attached hydrogens (primary N) is 1. The number of aliphatic imine (C=N–C) groups is 1. The monoisotopic (exact) mass is 492 g/mol. The summed E-state index contributed by atoms with van der Waals surface area (Å²) in [7, 11) is 0. The van der Waals surface area contributed by atoms with Crippen LogP contribution in [0.15, 0.2) is 47.5 Å². The van der Waals surface area contributed by atoms with E-state index in [0.29, 0.717) is 12.5 Å². The Hall–Kier alpha value is -2.09. The second-order valence-corrected chi connectivity index (χ2v) is 7.30. The maximum atomic E-state index is 12.3.